The highest BCUT2D eigenvalue weighted by Gasteiger charge is 2.28. The van der Waals surface area contributed by atoms with Crippen LogP contribution >= 0.6 is 11.3 Å². The van der Waals surface area contributed by atoms with Crippen molar-refractivity contribution in [3.05, 3.63) is 29.0 Å². The lowest BCUT2D eigenvalue weighted by molar-refractivity contribution is 0.184. The SMILES string of the molecule is CN(CCCO)C1CCN(c2nc(-c3cnccn3)nc3sc4c(c23)CCCC4)CC1. The Morgan fingerprint density at radius 3 is 2.77 bits per heavy atom. The minimum absolute atomic E-state index is 0.260. The van der Waals surface area contributed by atoms with Gasteiger partial charge in [0.1, 0.15) is 16.3 Å². The van der Waals surface area contributed by atoms with Crippen molar-refractivity contribution in [2.45, 2.75) is 51.0 Å². The number of piperidine rings is 1. The molecule has 1 aliphatic heterocycles. The maximum atomic E-state index is 9.14. The zero-order chi connectivity index (χ0) is 21.2. The second-order valence-electron chi connectivity index (χ2n) is 8.63. The van der Waals surface area contributed by atoms with Crippen LogP contribution in [0.1, 0.15) is 42.5 Å². The van der Waals surface area contributed by atoms with Crippen LogP contribution in [0.25, 0.3) is 21.7 Å². The number of thiophene rings is 1. The van der Waals surface area contributed by atoms with Gasteiger partial charge in [-0.3, -0.25) is 4.98 Å². The molecule has 1 aliphatic carbocycles. The molecule has 164 valence electrons. The van der Waals surface area contributed by atoms with Gasteiger partial charge in [0.2, 0.25) is 0 Å². The second-order valence-corrected chi connectivity index (χ2v) is 9.71. The van der Waals surface area contributed by atoms with Crippen molar-refractivity contribution in [2.24, 2.45) is 0 Å². The van der Waals surface area contributed by atoms with Gasteiger partial charge in [0, 0.05) is 49.6 Å². The Morgan fingerprint density at radius 2 is 2.00 bits per heavy atom. The molecule has 0 atom stereocenters. The average Bonchev–Trinajstić information content (AvgIpc) is 3.21. The smallest absolute Gasteiger partial charge is 0.183 e. The monoisotopic (exact) mass is 438 g/mol. The third-order valence-corrected chi connectivity index (χ3v) is 7.83. The third kappa shape index (κ3) is 4.16. The number of anilines is 1. The molecule has 5 rings (SSSR count). The van der Waals surface area contributed by atoms with Crippen LogP contribution in [-0.2, 0) is 12.8 Å². The lowest BCUT2D eigenvalue weighted by Gasteiger charge is -2.37. The van der Waals surface area contributed by atoms with Crippen molar-refractivity contribution in [3.63, 3.8) is 0 Å². The first-order chi connectivity index (χ1) is 15.2. The fraction of sp³-hybridized carbons (Fsp3) is 0.565. The molecule has 0 unspecified atom stereocenters. The summed E-state index contributed by atoms with van der Waals surface area (Å²) in [7, 11) is 2.18. The van der Waals surface area contributed by atoms with Crippen LogP contribution < -0.4 is 4.90 Å². The van der Waals surface area contributed by atoms with E-state index in [-0.39, 0.29) is 6.61 Å². The van der Waals surface area contributed by atoms with Gasteiger partial charge in [0.05, 0.1) is 11.6 Å². The number of nitrogens with zero attached hydrogens (tertiary/aromatic N) is 6. The summed E-state index contributed by atoms with van der Waals surface area (Å²) in [5.74, 6) is 1.76. The van der Waals surface area contributed by atoms with Gasteiger partial charge in [0.25, 0.3) is 0 Å². The number of aryl methyl sites for hydroxylation is 2. The highest BCUT2D eigenvalue weighted by atomic mass is 32.1. The van der Waals surface area contributed by atoms with Crippen molar-refractivity contribution in [1.82, 2.24) is 24.8 Å². The van der Waals surface area contributed by atoms with E-state index < -0.39 is 0 Å². The maximum absolute atomic E-state index is 9.14. The number of fused-ring (bicyclic) bond motifs is 3. The van der Waals surface area contributed by atoms with Gasteiger partial charge in [-0.15, -0.1) is 11.3 Å². The molecule has 0 aromatic carbocycles. The first-order valence-electron chi connectivity index (χ1n) is 11.4. The number of aliphatic hydroxyl groups is 1. The lowest BCUT2D eigenvalue weighted by atomic mass is 9.96. The van der Waals surface area contributed by atoms with Gasteiger partial charge in [0.15, 0.2) is 5.82 Å². The van der Waals surface area contributed by atoms with E-state index >= 15 is 0 Å². The molecule has 0 amide bonds. The molecular weight excluding hydrogens is 408 g/mol. The third-order valence-electron chi connectivity index (χ3n) is 6.64. The largest absolute Gasteiger partial charge is 0.396 e. The van der Waals surface area contributed by atoms with E-state index in [0.717, 1.165) is 68.1 Å². The molecule has 31 heavy (non-hydrogen) atoms. The zero-order valence-corrected chi connectivity index (χ0v) is 18.9. The van der Waals surface area contributed by atoms with Gasteiger partial charge < -0.3 is 14.9 Å². The van der Waals surface area contributed by atoms with Gasteiger partial charge in [-0.05, 0) is 57.6 Å². The fourth-order valence-corrected chi connectivity index (χ4v) is 6.17. The Morgan fingerprint density at radius 1 is 1.16 bits per heavy atom. The van der Waals surface area contributed by atoms with E-state index in [1.54, 1.807) is 18.6 Å². The van der Waals surface area contributed by atoms with Crippen LogP contribution in [0, 0.1) is 0 Å². The molecule has 8 heteroatoms. The number of aliphatic hydroxyl groups excluding tert-OH is 1. The molecule has 3 aromatic rings. The maximum Gasteiger partial charge on any atom is 0.183 e. The molecule has 7 nitrogen and oxygen atoms in total. The second kappa shape index (κ2) is 9.14. The summed E-state index contributed by atoms with van der Waals surface area (Å²) in [5, 5.41) is 10.4. The first-order valence-corrected chi connectivity index (χ1v) is 12.2. The van der Waals surface area contributed by atoms with Gasteiger partial charge in [-0.2, -0.15) is 0 Å². The summed E-state index contributed by atoms with van der Waals surface area (Å²) in [4.78, 5) is 26.1. The Labute approximate surface area is 187 Å². The van der Waals surface area contributed by atoms with Crippen LogP contribution in [0.5, 0.6) is 0 Å². The van der Waals surface area contributed by atoms with Crippen molar-refractivity contribution >= 4 is 27.4 Å². The number of rotatable bonds is 6. The fourth-order valence-electron chi connectivity index (χ4n) is 4.92. The summed E-state index contributed by atoms with van der Waals surface area (Å²) in [6, 6.07) is 0.566. The summed E-state index contributed by atoms with van der Waals surface area (Å²) >= 11 is 1.84. The van der Waals surface area contributed by atoms with Crippen LogP contribution in [0.3, 0.4) is 0 Å². The predicted molar refractivity (Wildman–Crippen MR) is 125 cm³/mol. The van der Waals surface area contributed by atoms with Gasteiger partial charge in [-0.1, -0.05) is 0 Å². The van der Waals surface area contributed by atoms with Crippen LogP contribution in [0.4, 0.5) is 5.82 Å². The minimum Gasteiger partial charge on any atom is -0.396 e. The van der Waals surface area contributed by atoms with E-state index in [9.17, 15) is 0 Å². The van der Waals surface area contributed by atoms with E-state index in [0.29, 0.717) is 11.9 Å². The molecule has 0 spiro atoms. The summed E-state index contributed by atoms with van der Waals surface area (Å²) in [6.07, 6.45) is 13.0. The van der Waals surface area contributed by atoms with E-state index in [2.05, 4.69) is 26.8 Å². The van der Waals surface area contributed by atoms with E-state index in [4.69, 9.17) is 15.1 Å². The Balaban J connectivity index is 1.49. The molecule has 0 saturated carbocycles. The lowest BCUT2D eigenvalue weighted by Crippen LogP contribution is -2.44. The van der Waals surface area contributed by atoms with Crippen LogP contribution in [0.15, 0.2) is 18.6 Å². The van der Waals surface area contributed by atoms with Gasteiger partial charge in [-0.25, -0.2) is 15.0 Å². The number of hydrogen-bond donors (Lipinski definition) is 1. The molecule has 2 aliphatic rings. The standard InChI is InChI=1S/C23H30N6OS/c1-28(11-4-14-30)16-7-12-29(13-8-16)22-20-17-5-2-3-6-19(17)31-23(20)27-21(26-22)18-15-24-9-10-25-18/h9-10,15-16,30H,2-8,11-14H2,1H3. The molecule has 1 fully saturated rings. The van der Waals surface area contributed by atoms with Crippen molar-refractivity contribution < 1.29 is 5.11 Å². The van der Waals surface area contributed by atoms with Crippen LogP contribution in [-0.4, -0.2) is 69.3 Å². The van der Waals surface area contributed by atoms with E-state index in [1.165, 1.54) is 28.7 Å². The molecule has 4 heterocycles. The zero-order valence-electron chi connectivity index (χ0n) is 18.1. The predicted octanol–water partition coefficient (Wildman–Crippen LogP) is 3.31. The summed E-state index contributed by atoms with van der Waals surface area (Å²) in [5.41, 5.74) is 2.21. The van der Waals surface area contributed by atoms with Crippen molar-refractivity contribution in [2.75, 3.05) is 38.2 Å². The Bertz CT molecular complexity index is 1030. The molecule has 0 radical (unpaired) electrons. The normalized spacial score (nSPS) is 17.5. The summed E-state index contributed by atoms with van der Waals surface area (Å²) < 4.78 is 0. The first kappa shape index (κ1) is 20.7. The highest BCUT2D eigenvalue weighted by Crippen LogP contribution is 2.41. The number of aromatic nitrogens is 4. The number of hydrogen-bond acceptors (Lipinski definition) is 8. The molecule has 1 saturated heterocycles. The molecule has 0 bridgehead atoms. The average molecular weight is 439 g/mol. The Kier molecular flexibility index (Phi) is 6.11. The quantitative estimate of drug-likeness (QED) is 0.632. The minimum atomic E-state index is 0.260. The molecule has 1 N–H and O–H groups in total. The molecule has 3 aromatic heterocycles. The van der Waals surface area contributed by atoms with Crippen molar-refractivity contribution in [1.29, 1.82) is 0 Å². The summed E-state index contributed by atoms with van der Waals surface area (Å²) in [6.45, 7) is 3.19. The Hall–Kier alpha value is -2.16. The topological polar surface area (TPSA) is 78.3 Å². The van der Waals surface area contributed by atoms with E-state index in [1.807, 2.05) is 11.3 Å². The highest BCUT2D eigenvalue weighted by molar-refractivity contribution is 7.19. The van der Waals surface area contributed by atoms with Crippen molar-refractivity contribution in [3.8, 4) is 11.5 Å². The van der Waals surface area contributed by atoms with Gasteiger partial charge >= 0.3 is 0 Å². The van der Waals surface area contributed by atoms with Crippen LogP contribution in [0.2, 0.25) is 0 Å². The molecular formula is C23H30N6OS.